The van der Waals surface area contributed by atoms with Crippen LogP contribution in [0.3, 0.4) is 0 Å². The monoisotopic (exact) mass is 212 g/mol. The number of nitrogens with zero attached hydrogens (tertiary/aromatic N) is 2. The summed E-state index contributed by atoms with van der Waals surface area (Å²) in [4.78, 5) is 6.75. The number of guanidine groups is 1. The number of nitrogens with one attached hydrogen (secondary N) is 1. The number of piperidine rings is 1. The lowest BCUT2D eigenvalue weighted by Crippen LogP contribution is -2.48. The standard InChI is InChI=1S/C11H24N4/c1-9(2)8-13-11(14-12)15-6-4-10(3)5-7-15/h9-10H,4-8,12H2,1-3H3,(H,13,14). The van der Waals surface area contributed by atoms with Crippen LogP contribution in [-0.2, 0) is 0 Å². The zero-order valence-corrected chi connectivity index (χ0v) is 10.2. The minimum atomic E-state index is 0.581. The van der Waals surface area contributed by atoms with E-state index < -0.39 is 0 Å². The van der Waals surface area contributed by atoms with E-state index in [1.165, 1.54) is 12.8 Å². The van der Waals surface area contributed by atoms with Crippen LogP contribution in [0.25, 0.3) is 0 Å². The number of aliphatic imine (C=N–C) groups is 1. The van der Waals surface area contributed by atoms with Gasteiger partial charge in [-0.15, -0.1) is 0 Å². The van der Waals surface area contributed by atoms with Crippen LogP contribution >= 0.6 is 0 Å². The lowest BCUT2D eigenvalue weighted by atomic mass is 10.00. The van der Waals surface area contributed by atoms with Gasteiger partial charge in [0.25, 0.3) is 0 Å². The summed E-state index contributed by atoms with van der Waals surface area (Å²) in [7, 11) is 0. The molecule has 4 nitrogen and oxygen atoms in total. The molecule has 0 amide bonds. The summed E-state index contributed by atoms with van der Waals surface area (Å²) in [6, 6.07) is 0. The van der Waals surface area contributed by atoms with Gasteiger partial charge in [-0.25, -0.2) is 5.84 Å². The van der Waals surface area contributed by atoms with Crippen LogP contribution in [0.5, 0.6) is 0 Å². The van der Waals surface area contributed by atoms with Crippen LogP contribution in [-0.4, -0.2) is 30.5 Å². The van der Waals surface area contributed by atoms with Gasteiger partial charge in [-0.3, -0.25) is 10.4 Å². The predicted octanol–water partition coefficient (Wildman–Crippen LogP) is 1.19. The van der Waals surface area contributed by atoms with Crippen LogP contribution in [0.2, 0.25) is 0 Å². The summed E-state index contributed by atoms with van der Waals surface area (Å²) in [5, 5.41) is 0. The van der Waals surface area contributed by atoms with Gasteiger partial charge in [-0.1, -0.05) is 20.8 Å². The first-order valence-electron chi connectivity index (χ1n) is 5.89. The maximum Gasteiger partial charge on any atom is 0.208 e. The van der Waals surface area contributed by atoms with Gasteiger partial charge in [0.15, 0.2) is 0 Å². The highest BCUT2D eigenvalue weighted by Crippen LogP contribution is 2.15. The maximum atomic E-state index is 5.50. The van der Waals surface area contributed by atoms with Gasteiger partial charge in [-0.05, 0) is 24.7 Å². The van der Waals surface area contributed by atoms with Gasteiger partial charge < -0.3 is 4.90 Å². The minimum absolute atomic E-state index is 0.581. The molecule has 88 valence electrons. The molecule has 0 bridgehead atoms. The van der Waals surface area contributed by atoms with Gasteiger partial charge >= 0.3 is 0 Å². The Bertz CT molecular complexity index is 205. The van der Waals surface area contributed by atoms with Crippen molar-refractivity contribution >= 4 is 5.96 Å². The van der Waals surface area contributed by atoms with Crippen molar-refractivity contribution in [2.75, 3.05) is 19.6 Å². The first-order chi connectivity index (χ1) is 7.13. The first kappa shape index (κ1) is 12.3. The number of rotatable bonds is 2. The molecule has 3 N–H and O–H groups in total. The minimum Gasteiger partial charge on any atom is -0.342 e. The molecule has 15 heavy (non-hydrogen) atoms. The Morgan fingerprint density at radius 3 is 2.53 bits per heavy atom. The van der Waals surface area contributed by atoms with Gasteiger partial charge in [0.2, 0.25) is 5.96 Å². The molecule has 1 aliphatic heterocycles. The van der Waals surface area contributed by atoms with Crippen LogP contribution < -0.4 is 11.3 Å². The van der Waals surface area contributed by atoms with Crippen LogP contribution in [0.1, 0.15) is 33.6 Å². The molecule has 1 aliphatic rings. The van der Waals surface area contributed by atoms with E-state index in [2.05, 4.69) is 36.1 Å². The van der Waals surface area contributed by atoms with Crippen molar-refractivity contribution in [1.82, 2.24) is 10.3 Å². The van der Waals surface area contributed by atoms with Crippen LogP contribution in [0, 0.1) is 11.8 Å². The molecule has 1 rings (SSSR count). The molecule has 0 saturated carbocycles. The van der Waals surface area contributed by atoms with E-state index in [0.717, 1.165) is 31.5 Å². The van der Waals surface area contributed by atoms with Crippen molar-refractivity contribution in [3.8, 4) is 0 Å². The molecular formula is C11H24N4. The predicted molar refractivity (Wildman–Crippen MR) is 64.4 cm³/mol. The van der Waals surface area contributed by atoms with Crippen LogP contribution in [0.15, 0.2) is 4.99 Å². The van der Waals surface area contributed by atoms with Gasteiger partial charge in [0.1, 0.15) is 0 Å². The van der Waals surface area contributed by atoms with Crippen molar-refractivity contribution in [2.45, 2.75) is 33.6 Å². The lowest BCUT2D eigenvalue weighted by Gasteiger charge is -2.32. The third kappa shape index (κ3) is 4.08. The highest BCUT2D eigenvalue weighted by molar-refractivity contribution is 5.79. The summed E-state index contributed by atoms with van der Waals surface area (Å²) in [5.74, 6) is 7.78. The van der Waals surface area contributed by atoms with Crippen molar-refractivity contribution < 1.29 is 0 Å². The fourth-order valence-electron chi connectivity index (χ4n) is 1.73. The molecule has 0 aromatic rings. The first-order valence-corrected chi connectivity index (χ1v) is 5.89. The van der Waals surface area contributed by atoms with Crippen molar-refractivity contribution in [1.29, 1.82) is 0 Å². The topological polar surface area (TPSA) is 53.6 Å². The zero-order chi connectivity index (χ0) is 11.3. The quantitative estimate of drug-likeness (QED) is 0.313. The zero-order valence-electron chi connectivity index (χ0n) is 10.2. The number of hydrogen-bond donors (Lipinski definition) is 2. The highest BCUT2D eigenvalue weighted by Gasteiger charge is 2.18. The second-order valence-electron chi connectivity index (χ2n) is 4.87. The summed E-state index contributed by atoms with van der Waals surface area (Å²) < 4.78 is 0. The van der Waals surface area contributed by atoms with Crippen molar-refractivity contribution in [3.05, 3.63) is 0 Å². The second-order valence-corrected chi connectivity index (χ2v) is 4.87. The molecule has 0 unspecified atom stereocenters. The van der Waals surface area contributed by atoms with Gasteiger partial charge in [-0.2, -0.15) is 0 Å². The van der Waals surface area contributed by atoms with E-state index in [1.54, 1.807) is 0 Å². The number of hydrogen-bond acceptors (Lipinski definition) is 2. The maximum absolute atomic E-state index is 5.50. The second kappa shape index (κ2) is 5.95. The molecule has 4 heteroatoms. The lowest BCUT2D eigenvalue weighted by molar-refractivity contribution is 0.273. The molecule has 0 aromatic heterocycles. The van der Waals surface area contributed by atoms with Crippen LogP contribution in [0.4, 0.5) is 0 Å². The van der Waals surface area contributed by atoms with E-state index in [0.29, 0.717) is 5.92 Å². The Hall–Kier alpha value is -0.770. The van der Waals surface area contributed by atoms with E-state index in [4.69, 9.17) is 5.84 Å². The number of likely N-dealkylation sites (tertiary alicyclic amines) is 1. The Morgan fingerprint density at radius 2 is 2.07 bits per heavy atom. The molecule has 1 heterocycles. The molecule has 1 fully saturated rings. The third-order valence-electron chi connectivity index (χ3n) is 2.82. The van der Waals surface area contributed by atoms with Gasteiger partial charge in [0.05, 0.1) is 0 Å². The molecule has 0 radical (unpaired) electrons. The SMILES string of the molecule is CC(C)CN=C(NN)N1CCC(C)CC1. The Kier molecular flexibility index (Phi) is 4.88. The Labute approximate surface area is 92.9 Å². The largest absolute Gasteiger partial charge is 0.342 e. The number of nitrogens with two attached hydrogens (primary N) is 1. The molecule has 0 atom stereocenters. The van der Waals surface area contributed by atoms with Crippen molar-refractivity contribution in [3.63, 3.8) is 0 Å². The summed E-state index contributed by atoms with van der Waals surface area (Å²) in [5.41, 5.74) is 2.72. The smallest absolute Gasteiger partial charge is 0.208 e. The number of hydrazine groups is 1. The molecule has 0 aliphatic carbocycles. The fourth-order valence-corrected chi connectivity index (χ4v) is 1.73. The van der Waals surface area contributed by atoms with Crippen molar-refractivity contribution in [2.24, 2.45) is 22.7 Å². The van der Waals surface area contributed by atoms with Gasteiger partial charge in [0, 0.05) is 19.6 Å². The average Bonchev–Trinajstić information content (AvgIpc) is 2.21. The molecular weight excluding hydrogens is 188 g/mol. The molecule has 1 saturated heterocycles. The van der Waals surface area contributed by atoms with E-state index >= 15 is 0 Å². The third-order valence-corrected chi connectivity index (χ3v) is 2.82. The summed E-state index contributed by atoms with van der Waals surface area (Å²) in [6.07, 6.45) is 2.48. The van der Waals surface area contributed by atoms with E-state index in [9.17, 15) is 0 Å². The average molecular weight is 212 g/mol. The normalized spacial score (nSPS) is 19.8. The summed E-state index contributed by atoms with van der Waals surface area (Å²) in [6.45, 7) is 9.61. The fraction of sp³-hybridized carbons (Fsp3) is 0.909. The summed E-state index contributed by atoms with van der Waals surface area (Å²) >= 11 is 0. The molecule has 0 spiro atoms. The Balaban J connectivity index is 2.47. The van der Waals surface area contributed by atoms with E-state index in [-0.39, 0.29) is 0 Å². The Morgan fingerprint density at radius 1 is 1.47 bits per heavy atom. The molecule has 0 aromatic carbocycles. The highest BCUT2D eigenvalue weighted by atomic mass is 15.4. The van der Waals surface area contributed by atoms with E-state index in [1.807, 2.05) is 0 Å².